The van der Waals surface area contributed by atoms with Crippen molar-refractivity contribution in [1.29, 1.82) is 0 Å². The summed E-state index contributed by atoms with van der Waals surface area (Å²) >= 11 is 0. The predicted molar refractivity (Wildman–Crippen MR) is 116 cm³/mol. The van der Waals surface area contributed by atoms with Crippen LogP contribution < -0.4 is 10.1 Å². The third-order valence-electron chi connectivity index (χ3n) is 5.63. The molecule has 0 fully saturated rings. The Morgan fingerprint density at radius 1 is 0.962 bits per heavy atom. The molecule has 26 heavy (non-hydrogen) atoms. The van der Waals surface area contributed by atoms with Crippen LogP contribution in [0.25, 0.3) is 0 Å². The molecule has 3 heteroatoms. The molecule has 0 spiro atoms. The number of benzene rings is 1. The fraction of sp³-hybridized carbons (Fsp3) is 0.739. The lowest BCUT2D eigenvalue weighted by Gasteiger charge is -2.27. The van der Waals surface area contributed by atoms with Gasteiger partial charge in [0.05, 0.1) is 7.11 Å². The molecular formula is C23H40ClNO. The number of hydrogen-bond donors (Lipinski definition) is 1. The Balaban J connectivity index is 0.00000338. The van der Waals surface area contributed by atoms with Crippen LogP contribution in [0.1, 0.15) is 88.7 Å². The van der Waals surface area contributed by atoms with E-state index >= 15 is 0 Å². The van der Waals surface area contributed by atoms with Crippen molar-refractivity contribution >= 4 is 12.4 Å². The first kappa shape index (κ1) is 23.3. The van der Waals surface area contributed by atoms with Gasteiger partial charge in [0.1, 0.15) is 5.75 Å². The van der Waals surface area contributed by atoms with Crippen LogP contribution in [-0.2, 0) is 12.8 Å². The summed E-state index contributed by atoms with van der Waals surface area (Å²) in [6.45, 7) is 3.46. The van der Waals surface area contributed by atoms with Gasteiger partial charge in [-0.1, -0.05) is 76.8 Å². The van der Waals surface area contributed by atoms with Crippen LogP contribution in [-0.4, -0.2) is 19.7 Å². The van der Waals surface area contributed by atoms with E-state index in [1.165, 1.54) is 94.7 Å². The van der Waals surface area contributed by atoms with Gasteiger partial charge >= 0.3 is 0 Å². The maximum absolute atomic E-state index is 5.54. The molecule has 1 N–H and O–H groups in total. The standard InChI is InChI=1S/C23H39NO.ClH/c1-3-4-5-6-7-8-9-10-11-12-18-24-21-17-16-20-14-13-15-23(25-2)22(20)19-21;/h13-15,21,24H,3-12,16-19H2,1-2H3;1H. The molecule has 0 bridgehead atoms. The molecule has 0 radical (unpaired) electrons. The number of unbranched alkanes of at least 4 members (excludes halogenated alkanes) is 9. The van der Waals surface area contributed by atoms with Crippen LogP contribution in [0.5, 0.6) is 5.75 Å². The van der Waals surface area contributed by atoms with E-state index in [1.807, 2.05) is 0 Å². The van der Waals surface area contributed by atoms with Gasteiger partial charge in [0, 0.05) is 6.04 Å². The maximum atomic E-state index is 5.54. The zero-order valence-corrected chi connectivity index (χ0v) is 17.8. The zero-order valence-electron chi connectivity index (χ0n) is 17.0. The number of hydrogen-bond acceptors (Lipinski definition) is 2. The van der Waals surface area contributed by atoms with Crippen molar-refractivity contribution in [3.63, 3.8) is 0 Å². The smallest absolute Gasteiger partial charge is 0.122 e. The molecule has 1 aromatic carbocycles. The van der Waals surface area contributed by atoms with E-state index in [1.54, 1.807) is 7.11 Å². The number of ether oxygens (including phenoxy) is 1. The Morgan fingerprint density at radius 3 is 2.27 bits per heavy atom. The maximum Gasteiger partial charge on any atom is 0.122 e. The zero-order chi connectivity index (χ0) is 17.7. The fourth-order valence-corrected chi connectivity index (χ4v) is 4.04. The van der Waals surface area contributed by atoms with Crippen molar-refractivity contribution in [2.24, 2.45) is 0 Å². The SMILES string of the molecule is CCCCCCCCCCCCNC1CCc2cccc(OC)c2C1.Cl. The summed E-state index contributed by atoms with van der Waals surface area (Å²) in [4.78, 5) is 0. The van der Waals surface area contributed by atoms with Crippen LogP contribution in [0.15, 0.2) is 18.2 Å². The first-order valence-electron chi connectivity index (χ1n) is 10.7. The van der Waals surface area contributed by atoms with Crippen molar-refractivity contribution in [2.75, 3.05) is 13.7 Å². The molecule has 1 aromatic rings. The lowest BCUT2D eigenvalue weighted by Crippen LogP contribution is -2.35. The van der Waals surface area contributed by atoms with Crippen LogP contribution >= 0.6 is 12.4 Å². The van der Waals surface area contributed by atoms with E-state index in [0.717, 1.165) is 12.2 Å². The highest BCUT2D eigenvalue weighted by Crippen LogP contribution is 2.29. The Hall–Kier alpha value is -0.730. The summed E-state index contributed by atoms with van der Waals surface area (Å²) in [5, 5.41) is 3.78. The minimum Gasteiger partial charge on any atom is -0.496 e. The molecule has 150 valence electrons. The van der Waals surface area contributed by atoms with Gasteiger partial charge in [0.25, 0.3) is 0 Å². The van der Waals surface area contributed by atoms with E-state index < -0.39 is 0 Å². The van der Waals surface area contributed by atoms with Crippen molar-refractivity contribution < 1.29 is 4.74 Å². The normalized spacial score (nSPS) is 16.0. The van der Waals surface area contributed by atoms with Gasteiger partial charge < -0.3 is 10.1 Å². The number of fused-ring (bicyclic) bond motifs is 1. The van der Waals surface area contributed by atoms with Gasteiger partial charge in [-0.15, -0.1) is 12.4 Å². The number of nitrogens with one attached hydrogen (secondary N) is 1. The molecule has 1 aliphatic carbocycles. The Bertz CT molecular complexity index is 463. The molecule has 2 rings (SSSR count). The quantitative estimate of drug-likeness (QED) is 0.394. The van der Waals surface area contributed by atoms with Crippen molar-refractivity contribution in [1.82, 2.24) is 5.32 Å². The van der Waals surface area contributed by atoms with Gasteiger partial charge in [-0.25, -0.2) is 0 Å². The number of methoxy groups -OCH3 is 1. The van der Waals surface area contributed by atoms with E-state index in [9.17, 15) is 0 Å². The minimum atomic E-state index is 0. The van der Waals surface area contributed by atoms with Crippen LogP contribution in [0.4, 0.5) is 0 Å². The highest BCUT2D eigenvalue weighted by Gasteiger charge is 2.20. The van der Waals surface area contributed by atoms with E-state index in [4.69, 9.17) is 4.74 Å². The van der Waals surface area contributed by atoms with Gasteiger partial charge in [0.15, 0.2) is 0 Å². The van der Waals surface area contributed by atoms with Crippen molar-refractivity contribution in [3.05, 3.63) is 29.3 Å². The Morgan fingerprint density at radius 2 is 1.62 bits per heavy atom. The monoisotopic (exact) mass is 381 g/mol. The summed E-state index contributed by atoms with van der Waals surface area (Å²) < 4.78 is 5.54. The average molecular weight is 382 g/mol. The summed E-state index contributed by atoms with van der Waals surface area (Å²) in [5.41, 5.74) is 2.91. The van der Waals surface area contributed by atoms with Crippen LogP contribution in [0.2, 0.25) is 0 Å². The van der Waals surface area contributed by atoms with E-state index in [2.05, 4.69) is 30.4 Å². The number of halogens is 1. The first-order chi connectivity index (χ1) is 12.3. The minimum absolute atomic E-state index is 0. The summed E-state index contributed by atoms with van der Waals surface area (Å²) in [6.07, 6.45) is 17.7. The molecule has 0 amide bonds. The molecule has 0 saturated heterocycles. The van der Waals surface area contributed by atoms with Gasteiger partial charge in [-0.2, -0.15) is 0 Å². The topological polar surface area (TPSA) is 21.3 Å². The number of aryl methyl sites for hydroxylation is 1. The van der Waals surface area contributed by atoms with Gasteiger partial charge in [-0.3, -0.25) is 0 Å². The molecular weight excluding hydrogens is 342 g/mol. The average Bonchev–Trinajstić information content (AvgIpc) is 2.65. The largest absolute Gasteiger partial charge is 0.496 e. The molecule has 1 atom stereocenters. The summed E-state index contributed by atoms with van der Waals surface area (Å²) in [6, 6.07) is 7.11. The second kappa shape index (κ2) is 14.3. The van der Waals surface area contributed by atoms with Crippen LogP contribution in [0, 0.1) is 0 Å². The number of rotatable bonds is 13. The predicted octanol–water partition coefficient (Wildman–Crippen LogP) is 6.48. The highest BCUT2D eigenvalue weighted by atomic mass is 35.5. The van der Waals surface area contributed by atoms with E-state index in [-0.39, 0.29) is 12.4 Å². The van der Waals surface area contributed by atoms with Crippen molar-refractivity contribution in [3.8, 4) is 5.75 Å². The lowest BCUT2D eigenvalue weighted by atomic mass is 9.87. The third-order valence-corrected chi connectivity index (χ3v) is 5.63. The molecule has 0 aliphatic heterocycles. The van der Waals surface area contributed by atoms with Gasteiger partial charge in [0.2, 0.25) is 0 Å². The van der Waals surface area contributed by atoms with Gasteiger partial charge in [-0.05, 0) is 49.4 Å². The second-order valence-corrected chi connectivity index (χ2v) is 7.67. The molecule has 0 saturated carbocycles. The fourth-order valence-electron chi connectivity index (χ4n) is 4.04. The lowest BCUT2D eigenvalue weighted by molar-refractivity contribution is 0.392. The molecule has 1 unspecified atom stereocenters. The third kappa shape index (κ3) is 8.31. The highest BCUT2D eigenvalue weighted by molar-refractivity contribution is 5.85. The molecule has 0 aromatic heterocycles. The molecule has 2 nitrogen and oxygen atoms in total. The molecule has 1 aliphatic rings. The van der Waals surface area contributed by atoms with Crippen molar-refractivity contribution in [2.45, 2.75) is 96.4 Å². The Kier molecular flexibility index (Phi) is 12.9. The first-order valence-corrected chi connectivity index (χ1v) is 10.7. The summed E-state index contributed by atoms with van der Waals surface area (Å²) in [7, 11) is 1.79. The van der Waals surface area contributed by atoms with E-state index in [0.29, 0.717) is 6.04 Å². The molecule has 0 heterocycles. The van der Waals surface area contributed by atoms with Crippen LogP contribution in [0.3, 0.4) is 0 Å². The second-order valence-electron chi connectivity index (χ2n) is 7.67. The Labute approximate surface area is 167 Å². The summed E-state index contributed by atoms with van der Waals surface area (Å²) in [5.74, 6) is 1.07.